The van der Waals surface area contributed by atoms with Gasteiger partial charge in [0.1, 0.15) is 0 Å². The Kier molecular flexibility index (Phi) is 7.14. The number of carbonyl (C=O) groups is 1. The molecule has 0 atom stereocenters. The molecule has 3 aromatic carbocycles. The average molecular weight is 521 g/mol. The van der Waals surface area contributed by atoms with Crippen molar-refractivity contribution in [3.8, 4) is 0 Å². The number of nitro benzene ring substituents is 1. The number of ether oxygens (including phenoxy) is 2. The number of nitro groups is 1. The molecular weight excluding hydrogens is 491 g/mol. The van der Waals surface area contributed by atoms with E-state index in [4.69, 9.17) is 9.47 Å². The Balaban J connectivity index is 1.61. The first-order valence-electron chi connectivity index (χ1n) is 12.7. The van der Waals surface area contributed by atoms with Gasteiger partial charge >= 0.3 is 5.97 Å². The van der Waals surface area contributed by atoms with Crippen LogP contribution in [0.4, 0.5) is 15.8 Å². The molecule has 1 saturated heterocycles. The van der Waals surface area contributed by atoms with Crippen LogP contribution in [0, 0.1) is 15.9 Å². The summed E-state index contributed by atoms with van der Waals surface area (Å²) in [7, 11) is 0. The predicted octanol–water partition coefficient (Wildman–Crippen LogP) is 5.58. The molecule has 1 aliphatic carbocycles. The highest BCUT2D eigenvalue weighted by atomic mass is 19.1. The molecule has 9 heteroatoms. The Hall–Kier alpha value is -3.82. The lowest BCUT2D eigenvalue weighted by Crippen LogP contribution is -2.47. The second-order valence-electron chi connectivity index (χ2n) is 9.87. The van der Waals surface area contributed by atoms with Crippen LogP contribution in [-0.4, -0.2) is 35.0 Å². The maximum atomic E-state index is 16.6. The standard InChI is InChI=1S/C29H29FN2O6/c30-25-23(28(27(33)34)13-15-29(16-14-28)37-17-18-38-29)11-12-24(32(35)36)26(25)31(19-21-7-3-1-4-8-21)20-22-9-5-2-6-10-22/h1-12H,13-20H2,(H,33,34). The third kappa shape index (κ3) is 4.87. The minimum absolute atomic E-state index is 0.0513. The SMILES string of the molecule is O=C(O)C1(c2ccc([N+](=O)[O-])c(N(Cc3ccccc3)Cc3ccccc3)c2F)CCC2(CC1)OCCO2. The molecule has 3 aromatic rings. The number of aliphatic carboxylic acids is 1. The third-order valence-electron chi connectivity index (χ3n) is 7.64. The van der Waals surface area contributed by atoms with Gasteiger partial charge in [-0.1, -0.05) is 60.7 Å². The number of benzene rings is 3. The Labute approximate surface area is 219 Å². The van der Waals surface area contributed by atoms with Crippen LogP contribution in [0.3, 0.4) is 0 Å². The van der Waals surface area contributed by atoms with Gasteiger partial charge < -0.3 is 19.5 Å². The fourth-order valence-electron chi connectivity index (χ4n) is 5.64. The zero-order chi connectivity index (χ0) is 26.8. The molecule has 2 fully saturated rings. The van der Waals surface area contributed by atoms with Crippen molar-refractivity contribution < 1.29 is 28.7 Å². The summed E-state index contributed by atoms with van der Waals surface area (Å²) in [4.78, 5) is 25.8. The molecule has 38 heavy (non-hydrogen) atoms. The molecule has 5 rings (SSSR count). The molecule has 2 aliphatic rings. The predicted molar refractivity (Wildman–Crippen MR) is 138 cm³/mol. The van der Waals surface area contributed by atoms with Gasteiger partial charge in [0.05, 0.1) is 23.6 Å². The van der Waals surface area contributed by atoms with Crippen molar-refractivity contribution in [3.05, 3.63) is 105 Å². The Bertz CT molecular complexity index is 1260. The van der Waals surface area contributed by atoms with Crippen molar-refractivity contribution in [1.82, 2.24) is 0 Å². The Morgan fingerprint density at radius 3 is 1.89 bits per heavy atom. The summed E-state index contributed by atoms with van der Waals surface area (Å²) in [6, 6.07) is 21.1. The van der Waals surface area contributed by atoms with Gasteiger partial charge in [-0.15, -0.1) is 0 Å². The number of hydrogen-bond acceptors (Lipinski definition) is 6. The number of halogens is 1. The minimum Gasteiger partial charge on any atom is -0.481 e. The summed E-state index contributed by atoms with van der Waals surface area (Å²) in [6.45, 7) is 1.26. The number of nitrogens with zero attached hydrogens (tertiary/aromatic N) is 2. The fraction of sp³-hybridized carbons (Fsp3) is 0.345. The number of anilines is 1. The molecule has 0 aromatic heterocycles. The summed E-state index contributed by atoms with van der Waals surface area (Å²) >= 11 is 0. The second-order valence-corrected chi connectivity index (χ2v) is 9.87. The van der Waals surface area contributed by atoms with E-state index in [1.165, 1.54) is 12.1 Å². The van der Waals surface area contributed by atoms with E-state index in [0.29, 0.717) is 26.1 Å². The molecule has 0 radical (unpaired) electrons. The Morgan fingerprint density at radius 2 is 1.42 bits per heavy atom. The van der Waals surface area contributed by atoms with E-state index in [1.54, 1.807) is 4.90 Å². The highest BCUT2D eigenvalue weighted by molar-refractivity contribution is 5.83. The molecule has 198 valence electrons. The van der Waals surface area contributed by atoms with Crippen LogP contribution in [0.5, 0.6) is 0 Å². The molecule has 0 amide bonds. The first-order valence-corrected chi connectivity index (χ1v) is 12.7. The quantitative estimate of drug-likeness (QED) is 0.306. The lowest BCUT2D eigenvalue weighted by Gasteiger charge is -2.41. The van der Waals surface area contributed by atoms with Gasteiger partial charge in [0.15, 0.2) is 17.3 Å². The average Bonchev–Trinajstić information content (AvgIpc) is 3.38. The number of carboxylic acids is 1. The highest BCUT2D eigenvalue weighted by Gasteiger charge is 2.52. The lowest BCUT2D eigenvalue weighted by molar-refractivity contribution is -0.384. The molecule has 1 heterocycles. The molecule has 1 spiro atoms. The smallest absolute Gasteiger partial charge is 0.314 e. The summed E-state index contributed by atoms with van der Waals surface area (Å²) in [5, 5.41) is 22.5. The maximum absolute atomic E-state index is 16.6. The summed E-state index contributed by atoms with van der Waals surface area (Å²) < 4.78 is 28.2. The molecule has 0 unspecified atom stereocenters. The zero-order valence-electron chi connectivity index (χ0n) is 20.8. The molecule has 1 saturated carbocycles. The summed E-state index contributed by atoms with van der Waals surface area (Å²) in [6.07, 6.45) is 0.771. The van der Waals surface area contributed by atoms with E-state index in [9.17, 15) is 20.0 Å². The van der Waals surface area contributed by atoms with Gasteiger partial charge in [-0.05, 0) is 30.0 Å². The number of hydrogen-bond donors (Lipinski definition) is 1. The van der Waals surface area contributed by atoms with E-state index in [0.717, 1.165) is 11.1 Å². The topological polar surface area (TPSA) is 102 Å². The molecule has 1 N–H and O–H groups in total. The van der Waals surface area contributed by atoms with E-state index in [1.807, 2.05) is 60.7 Å². The van der Waals surface area contributed by atoms with Crippen LogP contribution in [0.15, 0.2) is 72.8 Å². The van der Waals surface area contributed by atoms with Gasteiger partial charge in [0.2, 0.25) is 0 Å². The van der Waals surface area contributed by atoms with Crippen molar-refractivity contribution in [3.63, 3.8) is 0 Å². The maximum Gasteiger partial charge on any atom is 0.314 e. The summed E-state index contributed by atoms with van der Waals surface area (Å²) in [5.41, 5.74) is -0.552. The first-order chi connectivity index (χ1) is 18.3. The van der Waals surface area contributed by atoms with E-state index in [-0.39, 0.29) is 37.2 Å². The van der Waals surface area contributed by atoms with Crippen LogP contribution in [0.1, 0.15) is 42.4 Å². The van der Waals surface area contributed by atoms with Crippen LogP contribution < -0.4 is 4.90 Å². The van der Waals surface area contributed by atoms with Gasteiger partial charge in [-0.2, -0.15) is 0 Å². The largest absolute Gasteiger partial charge is 0.481 e. The number of carboxylic acid groups (broad SMARTS) is 1. The van der Waals surface area contributed by atoms with Crippen LogP contribution >= 0.6 is 0 Å². The fourth-order valence-corrected chi connectivity index (χ4v) is 5.64. The molecular formula is C29H29FN2O6. The first kappa shape index (κ1) is 25.8. The zero-order valence-corrected chi connectivity index (χ0v) is 20.8. The van der Waals surface area contributed by atoms with Crippen molar-refractivity contribution in [2.75, 3.05) is 18.1 Å². The lowest BCUT2D eigenvalue weighted by atomic mass is 9.67. The second kappa shape index (κ2) is 10.5. The molecule has 0 bridgehead atoms. The molecule has 8 nitrogen and oxygen atoms in total. The van der Waals surface area contributed by atoms with Gasteiger partial charge in [-0.3, -0.25) is 14.9 Å². The van der Waals surface area contributed by atoms with Crippen molar-refractivity contribution in [1.29, 1.82) is 0 Å². The van der Waals surface area contributed by atoms with Gasteiger partial charge in [-0.25, -0.2) is 4.39 Å². The number of rotatable bonds is 8. The normalized spacial score (nSPS) is 17.8. The van der Waals surface area contributed by atoms with Gasteiger partial charge in [0.25, 0.3) is 5.69 Å². The van der Waals surface area contributed by atoms with E-state index in [2.05, 4.69) is 0 Å². The van der Waals surface area contributed by atoms with Gasteiger partial charge in [0, 0.05) is 37.6 Å². The van der Waals surface area contributed by atoms with E-state index >= 15 is 4.39 Å². The minimum atomic E-state index is -1.56. The third-order valence-corrected chi connectivity index (χ3v) is 7.64. The monoisotopic (exact) mass is 520 g/mol. The van der Waals surface area contributed by atoms with Crippen LogP contribution in [0.25, 0.3) is 0 Å². The summed E-state index contributed by atoms with van der Waals surface area (Å²) in [5.74, 6) is -2.88. The van der Waals surface area contributed by atoms with E-state index < -0.39 is 33.6 Å². The molecule has 1 aliphatic heterocycles. The van der Waals surface area contributed by atoms with Crippen LogP contribution in [-0.2, 0) is 32.8 Å². The van der Waals surface area contributed by atoms with Crippen molar-refractivity contribution in [2.24, 2.45) is 0 Å². The highest BCUT2D eigenvalue weighted by Crippen LogP contribution is 2.49. The van der Waals surface area contributed by atoms with Crippen molar-refractivity contribution >= 4 is 17.3 Å². The Morgan fingerprint density at radius 1 is 0.895 bits per heavy atom. The van der Waals surface area contributed by atoms with Crippen molar-refractivity contribution in [2.45, 2.75) is 50.0 Å². The van der Waals surface area contributed by atoms with Crippen LogP contribution in [0.2, 0.25) is 0 Å².